The van der Waals surface area contributed by atoms with Gasteiger partial charge in [0.2, 0.25) is 0 Å². The molecule has 27 heavy (non-hydrogen) atoms. The van der Waals surface area contributed by atoms with E-state index in [0.29, 0.717) is 11.4 Å². The lowest BCUT2D eigenvalue weighted by molar-refractivity contribution is 0.0595. The Kier molecular flexibility index (Phi) is 4.22. The lowest BCUT2D eigenvalue weighted by atomic mass is 10.0. The van der Waals surface area contributed by atoms with E-state index < -0.39 is 5.97 Å². The van der Waals surface area contributed by atoms with E-state index >= 15 is 0 Å². The van der Waals surface area contributed by atoms with E-state index in [1.165, 1.54) is 7.11 Å². The van der Waals surface area contributed by atoms with Gasteiger partial charge in [-0.2, -0.15) is 0 Å². The molecule has 6 nitrogen and oxygen atoms in total. The second-order valence-electron chi connectivity index (χ2n) is 5.92. The predicted octanol–water partition coefficient (Wildman–Crippen LogP) is 3.73. The molecule has 2 aromatic heterocycles. The zero-order valence-electron chi connectivity index (χ0n) is 14.6. The van der Waals surface area contributed by atoms with Gasteiger partial charge in [0.25, 0.3) is 0 Å². The average Bonchev–Trinajstić information content (AvgIpc) is 2.73. The fraction of sp³-hybridized carbons (Fsp3) is 0.0476. The fourth-order valence-electron chi connectivity index (χ4n) is 2.92. The Morgan fingerprint density at radius 1 is 0.926 bits per heavy atom. The van der Waals surface area contributed by atoms with Gasteiger partial charge >= 0.3 is 5.97 Å². The molecule has 0 unspecified atom stereocenters. The number of aromatic nitrogens is 3. The van der Waals surface area contributed by atoms with Crippen molar-refractivity contribution >= 4 is 22.7 Å². The van der Waals surface area contributed by atoms with Crippen LogP contribution in [0.4, 0.5) is 5.82 Å². The number of rotatable bonds is 3. The smallest absolute Gasteiger partial charge is 0.360 e. The molecule has 2 heterocycles. The number of esters is 1. The maximum absolute atomic E-state index is 12.1. The van der Waals surface area contributed by atoms with Gasteiger partial charge in [0.05, 0.1) is 24.0 Å². The molecule has 0 fully saturated rings. The van der Waals surface area contributed by atoms with Crippen molar-refractivity contribution in [2.24, 2.45) is 0 Å². The molecule has 0 saturated carbocycles. The summed E-state index contributed by atoms with van der Waals surface area (Å²) in [5.74, 6) is -0.588. The number of ether oxygens (including phenoxy) is 1. The van der Waals surface area contributed by atoms with Gasteiger partial charge in [-0.05, 0) is 18.2 Å². The maximum Gasteiger partial charge on any atom is 0.360 e. The second-order valence-corrected chi connectivity index (χ2v) is 5.92. The van der Waals surface area contributed by atoms with Gasteiger partial charge in [-0.3, -0.25) is 4.98 Å². The Morgan fingerprint density at radius 2 is 1.70 bits per heavy atom. The van der Waals surface area contributed by atoms with Crippen molar-refractivity contribution in [1.29, 1.82) is 0 Å². The molecule has 2 aromatic carbocycles. The molecule has 0 radical (unpaired) electrons. The number of benzene rings is 2. The number of nitrogens with two attached hydrogens (primary N) is 1. The topological polar surface area (TPSA) is 91.0 Å². The summed E-state index contributed by atoms with van der Waals surface area (Å²) < 4.78 is 4.79. The molecule has 6 heteroatoms. The molecular weight excluding hydrogens is 340 g/mol. The third kappa shape index (κ3) is 3.08. The second kappa shape index (κ2) is 6.84. The molecule has 0 aliphatic carbocycles. The summed E-state index contributed by atoms with van der Waals surface area (Å²) in [6, 6.07) is 19.2. The number of methoxy groups -OCH3 is 1. The number of nitrogen functional groups attached to an aromatic ring is 1. The number of carbonyl (C=O) groups excluding carboxylic acids is 1. The Morgan fingerprint density at radius 3 is 2.48 bits per heavy atom. The van der Waals surface area contributed by atoms with Crippen LogP contribution in [0.3, 0.4) is 0 Å². The summed E-state index contributed by atoms with van der Waals surface area (Å²) in [7, 11) is 1.29. The van der Waals surface area contributed by atoms with Crippen molar-refractivity contribution in [3.05, 3.63) is 72.6 Å². The molecule has 0 saturated heterocycles. The first-order valence-electron chi connectivity index (χ1n) is 8.34. The highest BCUT2D eigenvalue weighted by atomic mass is 16.5. The summed E-state index contributed by atoms with van der Waals surface area (Å²) in [5.41, 5.74) is 9.69. The van der Waals surface area contributed by atoms with Crippen molar-refractivity contribution in [3.8, 4) is 22.5 Å². The first kappa shape index (κ1) is 16.7. The van der Waals surface area contributed by atoms with Crippen molar-refractivity contribution in [1.82, 2.24) is 15.0 Å². The summed E-state index contributed by atoms with van der Waals surface area (Å²) in [5, 5.41) is 0.965. The first-order chi connectivity index (χ1) is 13.2. The van der Waals surface area contributed by atoms with Gasteiger partial charge in [-0.15, -0.1) is 0 Å². The number of hydrogen-bond donors (Lipinski definition) is 1. The first-order valence-corrected chi connectivity index (χ1v) is 8.34. The molecule has 4 rings (SSSR count). The molecular formula is C21H16N4O2. The Labute approximate surface area is 155 Å². The number of pyridine rings is 1. The quantitative estimate of drug-likeness (QED) is 0.563. The van der Waals surface area contributed by atoms with Crippen LogP contribution in [0.2, 0.25) is 0 Å². The van der Waals surface area contributed by atoms with Crippen LogP contribution in [0.15, 0.2) is 66.9 Å². The SMILES string of the molecule is COC(=O)c1nc(-c2ccc3ncccc3c2)c(-c2ccccc2)nc1N. The number of nitrogens with zero attached hydrogens (tertiary/aromatic N) is 3. The van der Waals surface area contributed by atoms with Gasteiger partial charge in [0, 0.05) is 22.7 Å². The van der Waals surface area contributed by atoms with Crippen molar-refractivity contribution in [2.45, 2.75) is 0 Å². The van der Waals surface area contributed by atoms with E-state index in [1.54, 1.807) is 6.20 Å². The van der Waals surface area contributed by atoms with Crippen LogP contribution in [-0.4, -0.2) is 28.0 Å². The molecule has 0 atom stereocenters. The van der Waals surface area contributed by atoms with Crippen molar-refractivity contribution in [2.75, 3.05) is 12.8 Å². The molecule has 4 aromatic rings. The highest BCUT2D eigenvalue weighted by Crippen LogP contribution is 2.32. The van der Waals surface area contributed by atoms with Crippen LogP contribution in [0, 0.1) is 0 Å². The van der Waals surface area contributed by atoms with E-state index in [9.17, 15) is 4.79 Å². The third-order valence-electron chi connectivity index (χ3n) is 4.23. The number of anilines is 1. The molecule has 0 spiro atoms. The Balaban J connectivity index is 1.99. The summed E-state index contributed by atoms with van der Waals surface area (Å²) >= 11 is 0. The van der Waals surface area contributed by atoms with E-state index in [0.717, 1.165) is 22.0 Å². The van der Waals surface area contributed by atoms with Crippen LogP contribution >= 0.6 is 0 Å². The van der Waals surface area contributed by atoms with E-state index in [4.69, 9.17) is 10.5 Å². The zero-order chi connectivity index (χ0) is 18.8. The molecule has 0 amide bonds. The third-order valence-corrected chi connectivity index (χ3v) is 4.23. The molecule has 0 aliphatic rings. The largest absolute Gasteiger partial charge is 0.464 e. The number of carbonyl (C=O) groups is 1. The minimum Gasteiger partial charge on any atom is -0.464 e. The predicted molar refractivity (Wildman–Crippen MR) is 104 cm³/mol. The maximum atomic E-state index is 12.1. The average molecular weight is 356 g/mol. The standard InChI is InChI=1S/C21H16N4O2/c1-27-21(26)19-20(22)25-17(13-6-3-2-4-7-13)18(24-19)15-9-10-16-14(12-15)8-5-11-23-16/h2-12H,1H3,(H2,22,25). The van der Waals surface area contributed by atoms with Gasteiger partial charge in [0.15, 0.2) is 11.5 Å². The molecule has 0 aliphatic heterocycles. The summed E-state index contributed by atoms with van der Waals surface area (Å²) in [6.07, 6.45) is 1.75. The normalized spacial score (nSPS) is 10.7. The fourth-order valence-corrected chi connectivity index (χ4v) is 2.92. The minimum absolute atomic E-state index is 0.00142. The van der Waals surface area contributed by atoms with E-state index in [-0.39, 0.29) is 11.5 Å². The highest BCUT2D eigenvalue weighted by Gasteiger charge is 2.20. The highest BCUT2D eigenvalue weighted by molar-refractivity contribution is 5.95. The minimum atomic E-state index is -0.622. The zero-order valence-corrected chi connectivity index (χ0v) is 14.6. The van der Waals surface area contributed by atoms with Crippen molar-refractivity contribution < 1.29 is 9.53 Å². The van der Waals surface area contributed by atoms with E-state index in [1.807, 2.05) is 60.7 Å². The van der Waals surface area contributed by atoms with Crippen LogP contribution in [0.1, 0.15) is 10.5 Å². The lowest BCUT2D eigenvalue weighted by Gasteiger charge is -2.12. The molecule has 132 valence electrons. The van der Waals surface area contributed by atoms with E-state index in [2.05, 4.69) is 15.0 Å². The van der Waals surface area contributed by atoms with Crippen LogP contribution in [0.5, 0.6) is 0 Å². The van der Waals surface area contributed by atoms with Crippen LogP contribution in [-0.2, 0) is 4.74 Å². The number of fused-ring (bicyclic) bond motifs is 1. The lowest BCUT2D eigenvalue weighted by Crippen LogP contribution is -2.12. The van der Waals surface area contributed by atoms with Gasteiger partial charge in [-0.25, -0.2) is 14.8 Å². The Hall–Kier alpha value is -3.80. The molecule has 2 N–H and O–H groups in total. The van der Waals surface area contributed by atoms with Gasteiger partial charge in [-0.1, -0.05) is 42.5 Å². The van der Waals surface area contributed by atoms with Gasteiger partial charge < -0.3 is 10.5 Å². The summed E-state index contributed by atoms with van der Waals surface area (Å²) in [6.45, 7) is 0. The van der Waals surface area contributed by atoms with Crippen molar-refractivity contribution in [3.63, 3.8) is 0 Å². The molecule has 0 bridgehead atoms. The van der Waals surface area contributed by atoms with Gasteiger partial charge in [0.1, 0.15) is 0 Å². The van der Waals surface area contributed by atoms with Crippen LogP contribution < -0.4 is 5.73 Å². The number of hydrogen-bond acceptors (Lipinski definition) is 6. The monoisotopic (exact) mass is 356 g/mol. The summed E-state index contributed by atoms with van der Waals surface area (Å²) in [4.78, 5) is 25.4. The van der Waals surface area contributed by atoms with Crippen LogP contribution in [0.25, 0.3) is 33.4 Å². The Bertz CT molecular complexity index is 1140.